The maximum atomic E-state index is 5.92. The Morgan fingerprint density at radius 1 is 1.34 bits per heavy atom. The zero-order valence-electron chi connectivity index (χ0n) is 16.5. The van der Waals surface area contributed by atoms with Crippen molar-refractivity contribution in [2.45, 2.75) is 18.8 Å². The van der Waals surface area contributed by atoms with Gasteiger partial charge in [0.05, 0.1) is 6.20 Å². The van der Waals surface area contributed by atoms with Crippen molar-refractivity contribution in [1.29, 1.82) is 0 Å². The molecule has 0 bridgehead atoms. The van der Waals surface area contributed by atoms with Crippen LogP contribution in [0.1, 0.15) is 23.8 Å². The van der Waals surface area contributed by atoms with E-state index < -0.39 is 0 Å². The van der Waals surface area contributed by atoms with Crippen molar-refractivity contribution in [3.63, 3.8) is 0 Å². The van der Waals surface area contributed by atoms with Gasteiger partial charge in [0.2, 0.25) is 11.7 Å². The zero-order chi connectivity index (χ0) is 20.2. The number of aromatic nitrogens is 4. The number of nitrogens with zero attached hydrogens (tertiary/aromatic N) is 6. The van der Waals surface area contributed by atoms with Crippen molar-refractivity contribution in [1.82, 2.24) is 30.1 Å². The molecular weight excluding hydrogens is 390 g/mol. The predicted octanol–water partition coefficient (Wildman–Crippen LogP) is 2.73. The average molecular weight is 414 g/mol. The highest BCUT2D eigenvalue weighted by Gasteiger charge is 2.26. The van der Waals surface area contributed by atoms with Crippen LogP contribution < -0.4 is 5.32 Å². The van der Waals surface area contributed by atoms with Gasteiger partial charge in [-0.15, -0.1) is 0 Å². The molecule has 1 aromatic carbocycles. The van der Waals surface area contributed by atoms with E-state index in [0.717, 1.165) is 31.0 Å². The number of hydrogen-bond acceptors (Lipinski definition) is 5. The number of likely N-dealkylation sites (tertiary alicyclic amines) is 1. The SMILES string of the molecule is CN=C(NCCc1nc(-c2ccc(Cl)cc2)no1)N1CCC(c2cnn(C)c2)C1. The third-order valence-corrected chi connectivity index (χ3v) is 5.34. The Labute approximate surface area is 174 Å². The molecule has 9 heteroatoms. The van der Waals surface area contributed by atoms with Crippen LogP contribution in [0.15, 0.2) is 46.2 Å². The maximum Gasteiger partial charge on any atom is 0.228 e. The van der Waals surface area contributed by atoms with E-state index in [-0.39, 0.29) is 0 Å². The van der Waals surface area contributed by atoms with E-state index in [1.54, 1.807) is 0 Å². The van der Waals surface area contributed by atoms with E-state index in [0.29, 0.717) is 35.6 Å². The molecule has 1 saturated heterocycles. The first kappa shape index (κ1) is 19.4. The summed E-state index contributed by atoms with van der Waals surface area (Å²) in [5.74, 6) is 2.54. The molecule has 0 saturated carbocycles. The summed E-state index contributed by atoms with van der Waals surface area (Å²) in [6.45, 7) is 2.58. The number of rotatable bonds is 5. The first-order valence-electron chi connectivity index (χ1n) is 9.65. The normalized spacial score (nSPS) is 17.1. The molecule has 2 aromatic heterocycles. The van der Waals surface area contributed by atoms with E-state index in [1.807, 2.05) is 49.2 Å². The standard InChI is InChI=1S/C20H24ClN7O/c1-22-20(28-10-8-15(13-28)16-11-24-27(2)12-16)23-9-7-18-25-19(26-29-18)14-3-5-17(21)6-4-14/h3-6,11-12,15H,7-10,13H2,1-2H3,(H,22,23). The van der Waals surface area contributed by atoms with Crippen molar-refractivity contribution in [3.8, 4) is 11.4 Å². The quantitative estimate of drug-likeness (QED) is 0.511. The minimum Gasteiger partial charge on any atom is -0.356 e. The van der Waals surface area contributed by atoms with Crippen LogP contribution in [0.5, 0.6) is 0 Å². The highest BCUT2D eigenvalue weighted by molar-refractivity contribution is 6.30. The smallest absolute Gasteiger partial charge is 0.228 e. The van der Waals surface area contributed by atoms with Gasteiger partial charge in [0.25, 0.3) is 0 Å². The van der Waals surface area contributed by atoms with Crippen molar-refractivity contribution in [2.75, 3.05) is 26.7 Å². The molecule has 152 valence electrons. The molecule has 29 heavy (non-hydrogen) atoms. The molecule has 1 N–H and O–H groups in total. The average Bonchev–Trinajstić information content (AvgIpc) is 3.46. The number of nitrogens with one attached hydrogen (secondary N) is 1. The van der Waals surface area contributed by atoms with Gasteiger partial charge in [-0.25, -0.2) is 0 Å². The Morgan fingerprint density at radius 2 is 2.17 bits per heavy atom. The third-order valence-electron chi connectivity index (χ3n) is 5.09. The minimum atomic E-state index is 0.486. The van der Waals surface area contributed by atoms with Gasteiger partial charge in [-0.1, -0.05) is 16.8 Å². The lowest BCUT2D eigenvalue weighted by atomic mass is 10.0. The monoisotopic (exact) mass is 413 g/mol. The summed E-state index contributed by atoms with van der Waals surface area (Å²) in [6.07, 6.45) is 5.77. The second kappa shape index (κ2) is 8.65. The fourth-order valence-corrected chi connectivity index (χ4v) is 3.69. The van der Waals surface area contributed by atoms with Crippen LogP contribution in [-0.4, -0.2) is 57.5 Å². The fraction of sp³-hybridized carbons (Fsp3) is 0.400. The molecule has 1 unspecified atom stereocenters. The number of aryl methyl sites for hydroxylation is 1. The van der Waals surface area contributed by atoms with Gasteiger partial charge in [-0.3, -0.25) is 9.67 Å². The van der Waals surface area contributed by atoms with Gasteiger partial charge in [-0.2, -0.15) is 10.1 Å². The van der Waals surface area contributed by atoms with Gasteiger partial charge in [0.15, 0.2) is 5.96 Å². The number of halogens is 1. The molecule has 0 spiro atoms. The molecule has 1 aliphatic rings. The van der Waals surface area contributed by atoms with Crippen molar-refractivity contribution < 1.29 is 4.52 Å². The van der Waals surface area contributed by atoms with Crippen LogP contribution in [0.2, 0.25) is 5.02 Å². The molecule has 0 amide bonds. The Kier molecular flexibility index (Phi) is 5.80. The van der Waals surface area contributed by atoms with E-state index >= 15 is 0 Å². The van der Waals surface area contributed by atoms with Crippen molar-refractivity contribution in [3.05, 3.63) is 53.1 Å². The van der Waals surface area contributed by atoms with Gasteiger partial charge >= 0.3 is 0 Å². The van der Waals surface area contributed by atoms with Gasteiger partial charge in [0.1, 0.15) is 0 Å². The van der Waals surface area contributed by atoms with Crippen LogP contribution >= 0.6 is 11.6 Å². The molecule has 3 heterocycles. The molecule has 3 aromatic rings. The largest absolute Gasteiger partial charge is 0.356 e. The summed E-state index contributed by atoms with van der Waals surface area (Å²) in [6, 6.07) is 7.38. The van der Waals surface area contributed by atoms with E-state index in [2.05, 4.69) is 36.6 Å². The van der Waals surface area contributed by atoms with Crippen LogP contribution in [-0.2, 0) is 13.5 Å². The Hall–Kier alpha value is -2.87. The molecule has 0 radical (unpaired) electrons. The van der Waals surface area contributed by atoms with E-state index in [4.69, 9.17) is 16.1 Å². The van der Waals surface area contributed by atoms with Gasteiger partial charge in [0, 0.05) is 62.9 Å². The first-order valence-corrected chi connectivity index (χ1v) is 10.0. The number of guanidine groups is 1. The number of aliphatic imine (C=N–C) groups is 1. The summed E-state index contributed by atoms with van der Waals surface area (Å²) >= 11 is 5.92. The number of benzene rings is 1. The first-order chi connectivity index (χ1) is 14.1. The Balaban J connectivity index is 1.29. The van der Waals surface area contributed by atoms with Gasteiger partial charge in [-0.05, 0) is 36.2 Å². The lowest BCUT2D eigenvalue weighted by Gasteiger charge is -2.21. The fourth-order valence-electron chi connectivity index (χ4n) is 3.56. The molecule has 1 atom stereocenters. The highest BCUT2D eigenvalue weighted by Crippen LogP contribution is 2.26. The predicted molar refractivity (Wildman–Crippen MR) is 112 cm³/mol. The topological polar surface area (TPSA) is 84.4 Å². The van der Waals surface area contributed by atoms with Gasteiger partial charge < -0.3 is 14.7 Å². The second-order valence-corrected chi connectivity index (χ2v) is 7.56. The van der Waals surface area contributed by atoms with Crippen molar-refractivity contribution in [2.24, 2.45) is 12.0 Å². The minimum absolute atomic E-state index is 0.486. The molecule has 8 nitrogen and oxygen atoms in total. The molecule has 0 aliphatic carbocycles. The van der Waals surface area contributed by atoms with Crippen molar-refractivity contribution >= 4 is 17.6 Å². The molecular formula is C20H24ClN7O. The molecule has 1 aliphatic heterocycles. The lowest BCUT2D eigenvalue weighted by molar-refractivity contribution is 0.377. The van der Waals surface area contributed by atoms with Crippen LogP contribution in [0.4, 0.5) is 0 Å². The molecule has 4 rings (SSSR count). The molecule has 1 fully saturated rings. The zero-order valence-corrected chi connectivity index (χ0v) is 17.3. The number of hydrogen-bond donors (Lipinski definition) is 1. The summed E-state index contributed by atoms with van der Waals surface area (Å²) < 4.78 is 7.23. The van der Waals surface area contributed by atoms with Crippen LogP contribution in [0.3, 0.4) is 0 Å². The maximum absolute atomic E-state index is 5.92. The summed E-state index contributed by atoms with van der Waals surface area (Å²) in [4.78, 5) is 11.2. The lowest BCUT2D eigenvalue weighted by Crippen LogP contribution is -2.40. The highest BCUT2D eigenvalue weighted by atomic mass is 35.5. The van der Waals surface area contributed by atoms with Crippen LogP contribution in [0, 0.1) is 0 Å². The Bertz CT molecular complexity index is 979. The summed E-state index contributed by atoms with van der Waals surface area (Å²) in [5, 5.41) is 12.4. The summed E-state index contributed by atoms with van der Waals surface area (Å²) in [7, 11) is 3.76. The third kappa shape index (κ3) is 4.59. The summed E-state index contributed by atoms with van der Waals surface area (Å²) in [5.41, 5.74) is 2.16. The van der Waals surface area contributed by atoms with Crippen LogP contribution in [0.25, 0.3) is 11.4 Å². The second-order valence-electron chi connectivity index (χ2n) is 7.12. The van der Waals surface area contributed by atoms with E-state index in [1.165, 1.54) is 5.56 Å². The Morgan fingerprint density at radius 3 is 2.90 bits per heavy atom. The van der Waals surface area contributed by atoms with E-state index in [9.17, 15) is 0 Å².